The Labute approximate surface area is 232 Å². The van der Waals surface area contributed by atoms with Gasteiger partial charge in [-0.05, 0) is 62.5 Å². The average molecular weight is 560 g/mol. The third-order valence-corrected chi connectivity index (χ3v) is 6.90. The van der Waals surface area contributed by atoms with E-state index in [-0.39, 0.29) is 19.2 Å². The number of nitriles is 1. The predicted molar refractivity (Wildman–Crippen MR) is 154 cm³/mol. The summed E-state index contributed by atoms with van der Waals surface area (Å²) in [4.78, 5) is 28.8. The van der Waals surface area contributed by atoms with Crippen molar-refractivity contribution in [3.8, 4) is 28.3 Å². The van der Waals surface area contributed by atoms with Crippen molar-refractivity contribution in [2.45, 2.75) is 13.7 Å². The van der Waals surface area contributed by atoms with Crippen LogP contribution in [0.1, 0.15) is 12.5 Å². The SMILES string of the molecule is CCOP(=O)(O)OCn1cc(-c2cccc(C#N)c2)c2cc(-c3cccc(NC(=O)C=CCN(C)C)c3)cnc21. The minimum atomic E-state index is -4.23. The Balaban J connectivity index is 1.71. The molecule has 0 bridgehead atoms. The second kappa shape index (κ2) is 12.8. The number of carbonyl (C=O) groups is 1. The van der Waals surface area contributed by atoms with Crippen LogP contribution >= 0.6 is 7.82 Å². The van der Waals surface area contributed by atoms with Crippen molar-refractivity contribution in [2.75, 3.05) is 32.6 Å². The summed E-state index contributed by atoms with van der Waals surface area (Å²) in [7, 11) is -0.380. The maximum atomic E-state index is 12.3. The van der Waals surface area contributed by atoms with Gasteiger partial charge in [-0.2, -0.15) is 5.26 Å². The van der Waals surface area contributed by atoms with Crippen molar-refractivity contribution in [1.82, 2.24) is 14.5 Å². The van der Waals surface area contributed by atoms with Gasteiger partial charge >= 0.3 is 7.82 Å². The van der Waals surface area contributed by atoms with Gasteiger partial charge in [0.15, 0.2) is 0 Å². The van der Waals surface area contributed by atoms with E-state index in [2.05, 4.69) is 16.4 Å². The summed E-state index contributed by atoms with van der Waals surface area (Å²) in [5.41, 5.74) is 4.84. The highest BCUT2D eigenvalue weighted by Crippen LogP contribution is 2.44. The number of rotatable bonds is 11. The molecule has 11 heteroatoms. The molecule has 4 rings (SSSR count). The van der Waals surface area contributed by atoms with E-state index < -0.39 is 7.82 Å². The summed E-state index contributed by atoms with van der Waals surface area (Å²) < 4.78 is 23.7. The first-order valence-corrected chi connectivity index (χ1v) is 14.0. The number of phosphoric acid groups is 1. The monoisotopic (exact) mass is 559 g/mol. The average Bonchev–Trinajstić information content (AvgIpc) is 3.30. The Morgan fingerprint density at radius 3 is 2.67 bits per heavy atom. The van der Waals surface area contributed by atoms with Gasteiger partial charge in [0, 0.05) is 47.2 Å². The van der Waals surface area contributed by atoms with Crippen LogP contribution in [0.15, 0.2) is 79.1 Å². The molecule has 2 N–H and O–H groups in total. The molecule has 1 amide bonds. The second-order valence-electron chi connectivity index (χ2n) is 9.18. The largest absolute Gasteiger partial charge is 0.473 e. The molecule has 0 fully saturated rings. The Bertz CT molecular complexity index is 1640. The molecular weight excluding hydrogens is 529 g/mol. The van der Waals surface area contributed by atoms with E-state index in [1.165, 1.54) is 6.08 Å². The van der Waals surface area contributed by atoms with Gasteiger partial charge in [0.25, 0.3) is 0 Å². The van der Waals surface area contributed by atoms with Gasteiger partial charge in [-0.1, -0.05) is 30.3 Å². The molecule has 0 radical (unpaired) electrons. The molecule has 0 aliphatic rings. The topological polar surface area (TPSA) is 130 Å². The lowest BCUT2D eigenvalue weighted by Gasteiger charge is -2.12. The normalized spacial score (nSPS) is 13.0. The fraction of sp³-hybridized carbons (Fsp3) is 0.207. The van der Waals surface area contributed by atoms with Gasteiger partial charge in [0.05, 0.1) is 18.2 Å². The molecule has 10 nitrogen and oxygen atoms in total. The Morgan fingerprint density at radius 1 is 1.15 bits per heavy atom. The molecule has 0 aliphatic carbocycles. The highest BCUT2D eigenvalue weighted by Gasteiger charge is 2.22. The smallest absolute Gasteiger partial charge is 0.323 e. The van der Waals surface area contributed by atoms with E-state index in [0.29, 0.717) is 23.4 Å². The van der Waals surface area contributed by atoms with Gasteiger partial charge < -0.3 is 19.7 Å². The molecule has 0 aliphatic heterocycles. The number of carbonyl (C=O) groups excluding carboxylic acids is 1. The minimum Gasteiger partial charge on any atom is -0.323 e. The lowest BCUT2D eigenvalue weighted by molar-refractivity contribution is -0.111. The molecule has 0 saturated heterocycles. The van der Waals surface area contributed by atoms with Crippen LogP contribution in [-0.4, -0.2) is 52.5 Å². The van der Waals surface area contributed by atoms with Gasteiger partial charge in [-0.3, -0.25) is 13.8 Å². The zero-order valence-electron chi connectivity index (χ0n) is 22.4. The number of pyridine rings is 1. The molecular formula is C29H30N5O5P. The second-order valence-corrected chi connectivity index (χ2v) is 10.6. The van der Waals surface area contributed by atoms with Gasteiger partial charge in [0.1, 0.15) is 12.4 Å². The molecule has 4 aromatic rings. The maximum absolute atomic E-state index is 12.3. The van der Waals surface area contributed by atoms with Crippen LogP contribution in [0, 0.1) is 11.3 Å². The number of aromatic nitrogens is 2. The quantitative estimate of drug-likeness (QED) is 0.184. The van der Waals surface area contributed by atoms with E-state index in [4.69, 9.17) is 9.05 Å². The Kier molecular flexibility index (Phi) is 9.27. The number of nitrogens with zero attached hydrogens (tertiary/aromatic N) is 4. The number of hydrogen-bond donors (Lipinski definition) is 2. The molecule has 2 aromatic heterocycles. The molecule has 1 atom stereocenters. The summed E-state index contributed by atoms with van der Waals surface area (Å²) in [6.45, 7) is 2.02. The standard InChI is InChI=1S/C29H30N5O5P/c1-4-38-40(36,37)39-20-34-19-27(23-10-5-8-21(14-23)17-30)26-16-24(18-31-29(26)34)22-9-6-11-25(15-22)32-28(35)12-7-13-33(2)3/h5-12,14-16,18-19H,4,13,20H2,1-3H3,(H,32,35)(H,36,37). The Hall–Kier alpha value is -4.10. The maximum Gasteiger partial charge on any atom is 0.473 e. The van der Waals surface area contributed by atoms with Crippen molar-refractivity contribution in [3.63, 3.8) is 0 Å². The van der Waals surface area contributed by atoms with Gasteiger partial charge in [0.2, 0.25) is 5.91 Å². The van der Waals surface area contributed by atoms with E-state index in [1.54, 1.807) is 48.2 Å². The van der Waals surface area contributed by atoms with Gasteiger partial charge in [-0.25, -0.2) is 9.55 Å². The minimum absolute atomic E-state index is 0.0277. The zero-order chi connectivity index (χ0) is 28.7. The fourth-order valence-electron chi connectivity index (χ4n) is 4.08. The number of phosphoric ester groups is 1. The number of nitrogens with one attached hydrogen (secondary N) is 1. The number of amides is 1. The van der Waals surface area contributed by atoms with Crippen LogP contribution in [0.5, 0.6) is 0 Å². The first-order chi connectivity index (χ1) is 19.2. The molecule has 2 aromatic carbocycles. The van der Waals surface area contributed by atoms with E-state index >= 15 is 0 Å². The number of anilines is 1. The summed E-state index contributed by atoms with van der Waals surface area (Å²) >= 11 is 0. The molecule has 0 saturated carbocycles. The van der Waals surface area contributed by atoms with Crippen LogP contribution < -0.4 is 5.32 Å². The van der Waals surface area contributed by atoms with Crippen LogP contribution in [0.4, 0.5) is 5.69 Å². The number of fused-ring (bicyclic) bond motifs is 1. The van der Waals surface area contributed by atoms with E-state index in [1.807, 2.05) is 55.4 Å². The van der Waals surface area contributed by atoms with E-state index in [0.717, 1.165) is 27.6 Å². The van der Waals surface area contributed by atoms with Gasteiger partial charge in [-0.15, -0.1) is 0 Å². The van der Waals surface area contributed by atoms with Crippen molar-refractivity contribution in [2.24, 2.45) is 0 Å². The predicted octanol–water partition coefficient (Wildman–Crippen LogP) is 5.41. The number of hydrogen-bond acceptors (Lipinski definition) is 7. The summed E-state index contributed by atoms with van der Waals surface area (Å²) in [6.07, 6.45) is 6.75. The molecule has 206 valence electrons. The van der Waals surface area contributed by atoms with E-state index in [9.17, 15) is 19.5 Å². The highest BCUT2D eigenvalue weighted by atomic mass is 31.2. The van der Waals surface area contributed by atoms with Crippen LogP contribution in [0.3, 0.4) is 0 Å². The lowest BCUT2D eigenvalue weighted by atomic mass is 10.0. The highest BCUT2D eigenvalue weighted by molar-refractivity contribution is 7.47. The zero-order valence-corrected chi connectivity index (χ0v) is 23.3. The summed E-state index contributed by atoms with van der Waals surface area (Å²) in [6, 6.07) is 18.7. The van der Waals surface area contributed by atoms with Crippen molar-refractivity contribution >= 4 is 30.5 Å². The first kappa shape index (κ1) is 28.9. The van der Waals surface area contributed by atoms with Crippen LogP contribution in [0.25, 0.3) is 33.3 Å². The lowest BCUT2D eigenvalue weighted by Crippen LogP contribution is -2.12. The summed E-state index contributed by atoms with van der Waals surface area (Å²) in [5, 5.41) is 13.0. The van der Waals surface area contributed by atoms with Crippen molar-refractivity contribution in [3.05, 3.63) is 84.7 Å². The third-order valence-electron chi connectivity index (χ3n) is 5.87. The molecule has 40 heavy (non-hydrogen) atoms. The Morgan fingerprint density at radius 2 is 1.93 bits per heavy atom. The molecule has 1 unspecified atom stereocenters. The molecule has 0 spiro atoms. The van der Waals surface area contributed by atoms with Crippen molar-refractivity contribution in [1.29, 1.82) is 5.26 Å². The van der Waals surface area contributed by atoms with Crippen molar-refractivity contribution < 1.29 is 23.3 Å². The van der Waals surface area contributed by atoms with Crippen LogP contribution in [0.2, 0.25) is 0 Å². The molecule has 2 heterocycles. The number of benzene rings is 2. The fourth-order valence-corrected chi connectivity index (χ4v) is 4.75. The number of likely N-dealkylation sites (N-methyl/N-ethyl adjacent to an activating group) is 1. The summed E-state index contributed by atoms with van der Waals surface area (Å²) in [5.74, 6) is -0.225. The third kappa shape index (κ3) is 7.30. The van der Waals surface area contributed by atoms with Crippen LogP contribution in [-0.2, 0) is 25.1 Å². The first-order valence-electron chi connectivity index (χ1n) is 12.5.